The molecule has 0 spiro atoms. The Bertz CT molecular complexity index is 332. The van der Waals surface area contributed by atoms with Gasteiger partial charge in [0.05, 0.1) is 11.4 Å². The van der Waals surface area contributed by atoms with E-state index in [0.29, 0.717) is 25.7 Å². The molecular formula is C9H17NO5S. The number of hydrogen-bond donors (Lipinski definition) is 2. The van der Waals surface area contributed by atoms with Crippen LogP contribution in [0.3, 0.4) is 0 Å². The molecule has 1 aliphatic rings. The fourth-order valence-corrected chi connectivity index (χ4v) is 3.31. The molecule has 0 atom stereocenters. The number of carboxylic acids is 1. The lowest BCUT2D eigenvalue weighted by Crippen LogP contribution is -2.40. The fourth-order valence-electron chi connectivity index (χ4n) is 1.86. The van der Waals surface area contributed by atoms with Gasteiger partial charge in [-0.3, -0.25) is 4.79 Å². The van der Waals surface area contributed by atoms with Crippen molar-refractivity contribution < 1.29 is 23.1 Å². The first-order valence-electron chi connectivity index (χ1n) is 5.18. The molecule has 0 unspecified atom stereocenters. The highest BCUT2D eigenvalue weighted by molar-refractivity contribution is 7.90. The lowest BCUT2D eigenvalue weighted by molar-refractivity contribution is -0.135. The van der Waals surface area contributed by atoms with Crippen LogP contribution in [0, 0.1) is 0 Å². The molecule has 0 heterocycles. The van der Waals surface area contributed by atoms with E-state index in [1.807, 2.05) is 0 Å². The third-order valence-corrected chi connectivity index (χ3v) is 4.71. The predicted molar refractivity (Wildman–Crippen MR) is 57.6 cm³/mol. The predicted octanol–water partition coefficient (Wildman–Crippen LogP) is -0.0520. The summed E-state index contributed by atoms with van der Waals surface area (Å²) < 4.78 is 30.6. The van der Waals surface area contributed by atoms with Crippen LogP contribution < -0.4 is 4.72 Å². The minimum atomic E-state index is -3.50. The van der Waals surface area contributed by atoms with Crippen LogP contribution in [-0.4, -0.2) is 44.5 Å². The van der Waals surface area contributed by atoms with Crippen LogP contribution >= 0.6 is 0 Å². The minimum Gasteiger partial charge on any atom is -0.480 e. The van der Waals surface area contributed by atoms with Gasteiger partial charge in [0.15, 0.2) is 0 Å². The van der Waals surface area contributed by atoms with E-state index in [-0.39, 0.29) is 6.10 Å². The van der Waals surface area contributed by atoms with E-state index in [0.717, 1.165) is 0 Å². The number of hydrogen-bond acceptors (Lipinski definition) is 4. The Morgan fingerprint density at radius 3 is 2.38 bits per heavy atom. The molecule has 0 aromatic heterocycles. The molecule has 94 valence electrons. The van der Waals surface area contributed by atoms with Crippen molar-refractivity contribution in [1.82, 2.24) is 4.72 Å². The summed E-state index contributed by atoms with van der Waals surface area (Å²) in [6, 6.07) is 0. The molecule has 0 bridgehead atoms. The molecule has 7 heteroatoms. The van der Waals surface area contributed by atoms with Crippen molar-refractivity contribution >= 4 is 16.0 Å². The Balaban J connectivity index is 2.48. The molecule has 2 N–H and O–H groups in total. The number of rotatable bonds is 5. The van der Waals surface area contributed by atoms with Crippen LogP contribution in [0.25, 0.3) is 0 Å². The summed E-state index contributed by atoms with van der Waals surface area (Å²) in [6.07, 6.45) is 2.58. The van der Waals surface area contributed by atoms with E-state index in [1.165, 1.54) is 0 Å². The third-order valence-electron chi connectivity index (χ3n) is 2.82. The van der Waals surface area contributed by atoms with Crippen molar-refractivity contribution in [2.24, 2.45) is 0 Å². The van der Waals surface area contributed by atoms with Crippen LogP contribution in [0.5, 0.6) is 0 Å². The summed E-state index contributed by atoms with van der Waals surface area (Å²) >= 11 is 0. The van der Waals surface area contributed by atoms with Gasteiger partial charge in [0.2, 0.25) is 10.0 Å². The zero-order valence-corrected chi connectivity index (χ0v) is 10.00. The number of carboxylic acid groups (broad SMARTS) is 1. The van der Waals surface area contributed by atoms with Crippen molar-refractivity contribution in [2.75, 3.05) is 13.7 Å². The van der Waals surface area contributed by atoms with E-state index in [1.54, 1.807) is 7.11 Å². The van der Waals surface area contributed by atoms with Crippen LogP contribution in [0.2, 0.25) is 0 Å². The van der Waals surface area contributed by atoms with Gasteiger partial charge < -0.3 is 9.84 Å². The average molecular weight is 251 g/mol. The largest absolute Gasteiger partial charge is 0.480 e. The number of methoxy groups -OCH3 is 1. The maximum atomic E-state index is 11.7. The number of aliphatic carboxylic acids is 1. The van der Waals surface area contributed by atoms with Gasteiger partial charge in [-0.25, -0.2) is 13.1 Å². The normalized spacial score (nSPS) is 26.6. The molecule has 1 aliphatic carbocycles. The number of ether oxygens (including phenoxy) is 1. The molecule has 0 radical (unpaired) electrons. The van der Waals surface area contributed by atoms with Gasteiger partial charge in [0.1, 0.15) is 6.54 Å². The molecule has 0 aromatic rings. The molecule has 1 rings (SSSR count). The van der Waals surface area contributed by atoms with Gasteiger partial charge in [0.25, 0.3) is 0 Å². The number of nitrogens with one attached hydrogen (secondary N) is 1. The molecule has 16 heavy (non-hydrogen) atoms. The van der Waals surface area contributed by atoms with Crippen LogP contribution in [0.1, 0.15) is 25.7 Å². The van der Waals surface area contributed by atoms with E-state index >= 15 is 0 Å². The lowest BCUT2D eigenvalue weighted by Gasteiger charge is -2.27. The second kappa shape index (κ2) is 5.60. The average Bonchev–Trinajstić information content (AvgIpc) is 2.27. The van der Waals surface area contributed by atoms with Crippen molar-refractivity contribution in [3.8, 4) is 0 Å². The fraction of sp³-hybridized carbons (Fsp3) is 0.889. The highest BCUT2D eigenvalue weighted by atomic mass is 32.2. The van der Waals surface area contributed by atoms with Crippen LogP contribution in [-0.2, 0) is 19.6 Å². The van der Waals surface area contributed by atoms with Gasteiger partial charge in [-0.15, -0.1) is 0 Å². The Morgan fingerprint density at radius 1 is 1.38 bits per heavy atom. The lowest BCUT2D eigenvalue weighted by atomic mass is 9.97. The van der Waals surface area contributed by atoms with E-state index < -0.39 is 27.8 Å². The third kappa shape index (κ3) is 3.73. The summed E-state index contributed by atoms with van der Waals surface area (Å²) in [6.45, 7) is -0.549. The molecule has 1 fully saturated rings. The Hall–Kier alpha value is -0.660. The summed E-state index contributed by atoms with van der Waals surface area (Å²) in [5, 5.41) is 7.92. The smallest absolute Gasteiger partial charge is 0.318 e. The van der Waals surface area contributed by atoms with Crippen molar-refractivity contribution in [1.29, 1.82) is 0 Å². The molecular weight excluding hydrogens is 234 g/mol. The van der Waals surface area contributed by atoms with Crippen LogP contribution in [0.15, 0.2) is 0 Å². The zero-order chi connectivity index (χ0) is 12.2. The highest BCUT2D eigenvalue weighted by Crippen LogP contribution is 2.25. The topological polar surface area (TPSA) is 92.7 Å². The first-order chi connectivity index (χ1) is 7.45. The van der Waals surface area contributed by atoms with Crippen molar-refractivity contribution in [3.05, 3.63) is 0 Å². The first-order valence-corrected chi connectivity index (χ1v) is 6.73. The summed E-state index contributed by atoms with van der Waals surface area (Å²) in [5.41, 5.74) is 0. The second-order valence-corrected chi connectivity index (χ2v) is 5.94. The molecule has 0 aliphatic heterocycles. The standard InChI is InChI=1S/C9H17NO5S/c1-15-7-2-4-8(5-3-7)16(13,14)10-6-9(11)12/h7-8,10H,2-6H2,1H3,(H,11,12). The van der Waals surface area contributed by atoms with Crippen molar-refractivity contribution in [3.63, 3.8) is 0 Å². The van der Waals surface area contributed by atoms with Gasteiger partial charge in [0, 0.05) is 7.11 Å². The molecule has 1 saturated carbocycles. The van der Waals surface area contributed by atoms with Gasteiger partial charge in [-0.1, -0.05) is 0 Å². The van der Waals surface area contributed by atoms with Gasteiger partial charge in [-0.2, -0.15) is 0 Å². The summed E-state index contributed by atoms with van der Waals surface area (Å²) in [7, 11) is -1.88. The molecule has 0 amide bonds. The minimum absolute atomic E-state index is 0.130. The highest BCUT2D eigenvalue weighted by Gasteiger charge is 2.30. The van der Waals surface area contributed by atoms with Gasteiger partial charge >= 0.3 is 5.97 Å². The Kier molecular flexibility index (Phi) is 4.69. The first kappa shape index (κ1) is 13.4. The van der Waals surface area contributed by atoms with E-state index in [2.05, 4.69) is 4.72 Å². The van der Waals surface area contributed by atoms with E-state index in [9.17, 15) is 13.2 Å². The number of sulfonamides is 1. The van der Waals surface area contributed by atoms with E-state index in [4.69, 9.17) is 9.84 Å². The van der Waals surface area contributed by atoms with Crippen molar-refractivity contribution in [2.45, 2.75) is 37.0 Å². The van der Waals surface area contributed by atoms with Gasteiger partial charge in [-0.05, 0) is 25.7 Å². The second-order valence-electron chi connectivity index (χ2n) is 3.89. The van der Waals surface area contributed by atoms with Crippen LogP contribution in [0.4, 0.5) is 0 Å². The summed E-state index contributed by atoms with van der Waals surface area (Å²) in [5.74, 6) is -1.17. The maximum Gasteiger partial charge on any atom is 0.318 e. The quantitative estimate of drug-likeness (QED) is 0.714. The number of carbonyl (C=O) groups is 1. The zero-order valence-electron chi connectivity index (χ0n) is 9.18. The molecule has 0 saturated heterocycles. The Labute approximate surface area is 95.0 Å². The Morgan fingerprint density at radius 2 is 1.94 bits per heavy atom. The molecule has 0 aromatic carbocycles. The maximum absolute atomic E-state index is 11.7. The molecule has 6 nitrogen and oxygen atoms in total. The SMILES string of the molecule is COC1CCC(S(=O)(=O)NCC(=O)O)CC1. The monoisotopic (exact) mass is 251 g/mol. The summed E-state index contributed by atoms with van der Waals surface area (Å²) in [4.78, 5) is 10.3.